The maximum Gasteiger partial charge on any atom is 0.228 e. The van der Waals surface area contributed by atoms with E-state index in [9.17, 15) is 9.59 Å². The Hall–Kier alpha value is -1.88. The van der Waals surface area contributed by atoms with Gasteiger partial charge in [0, 0.05) is 57.3 Å². The summed E-state index contributed by atoms with van der Waals surface area (Å²) in [6.45, 7) is 4.61. The minimum atomic E-state index is 0.244. The van der Waals surface area contributed by atoms with E-state index in [0.29, 0.717) is 18.4 Å². The van der Waals surface area contributed by atoms with Gasteiger partial charge in [-0.15, -0.1) is 0 Å². The molecule has 5 heteroatoms. The van der Waals surface area contributed by atoms with Crippen LogP contribution in [0.3, 0.4) is 0 Å². The number of benzene rings is 1. The summed E-state index contributed by atoms with van der Waals surface area (Å²) in [5.74, 6) is 0.580. The fraction of sp³-hybridized carbons (Fsp3) is 0.619. The fourth-order valence-electron chi connectivity index (χ4n) is 4.69. The van der Waals surface area contributed by atoms with Gasteiger partial charge in [-0.25, -0.2) is 0 Å². The Morgan fingerprint density at radius 3 is 2.54 bits per heavy atom. The quantitative estimate of drug-likeness (QED) is 0.833. The van der Waals surface area contributed by atoms with Crippen molar-refractivity contribution in [2.24, 2.45) is 0 Å². The Bertz CT molecular complexity index is 667. The third-order valence-electron chi connectivity index (χ3n) is 6.16. The highest BCUT2D eigenvalue weighted by molar-refractivity contribution is 5.94. The van der Waals surface area contributed by atoms with E-state index < -0.39 is 0 Å². The zero-order valence-corrected chi connectivity index (χ0v) is 15.5. The molecule has 0 unspecified atom stereocenters. The lowest BCUT2D eigenvalue weighted by atomic mass is 10.0. The van der Waals surface area contributed by atoms with E-state index >= 15 is 0 Å². The second-order valence-corrected chi connectivity index (χ2v) is 7.79. The van der Waals surface area contributed by atoms with E-state index in [2.05, 4.69) is 28.0 Å². The lowest BCUT2D eigenvalue weighted by Gasteiger charge is -2.37. The van der Waals surface area contributed by atoms with Crippen LogP contribution in [0.2, 0.25) is 0 Å². The molecule has 1 aromatic rings. The topological polar surface area (TPSA) is 43.9 Å². The molecule has 3 aliphatic heterocycles. The van der Waals surface area contributed by atoms with Crippen LogP contribution in [0.15, 0.2) is 24.3 Å². The van der Waals surface area contributed by atoms with Gasteiger partial charge >= 0.3 is 0 Å². The molecular formula is C21H29N3O2. The molecular weight excluding hydrogens is 326 g/mol. The lowest BCUT2D eigenvalue weighted by Crippen LogP contribution is -2.46. The molecule has 0 aromatic heterocycles. The van der Waals surface area contributed by atoms with E-state index in [1.807, 2.05) is 11.0 Å². The molecule has 2 fully saturated rings. The number of fused-ring (bicyclic) bond motifs is 1. The van der Waals surface area contributed by atoms with Crippen molar-refractivity contribution in [2.75, 3.05) is 37.6 Å². The Kier molecular flexibility index (Phi) is 5.25. The van der Waals surface area contributed by atoms with Gasteiger partial charge in [0.2, 0.25) is 11.8 Å². The highest BCUT2D eigenvalue weighted by Gasteiger charge is 2.31. The van der Waals surface area contributed by atoms with Gasteiger partial charge in [-0.3, -0.25) is 9.59 Å². The predicted octanol–water partition coefficient (Wildman–Crippen LogP) is 2.44. The SMILES string of the molecule is O=C(CCN1CCC(N2CCCC2=O)CC1)N1CCCc2ccccc21. The highest BCUT2D eigenvalue weighted by atomic mass is 16.2. The summed E-state index contributed by atoms with van der Waals surface area (Å²) in [4.78, 5) is 31.1. The molecule has 3 aliphatic rings. The van der Waals surface area contributed by atoms with Crippen LogP contribution in [0.1, 0.15) is 44.1 Å². The van der Waals surface area contributed by atoms with Crippen molar-refractivity contribution in [1.82, 2.24) is 9.80 Å². The van der Waals surface area contributed by atoms with Crippen LogP contribution < -0.4 is 4.90 Å². The summed E-state index contributed by atoms with van der Waals surface area (Å²) in [5, 5.41) is 0. The normalized spacial score (nSPS) is 21.9. The van der Waals surface area contributed by atoms with Crippen LogP contribution in [-0.2, 0) is 16.0 Å². The molecule has 0 radical (unpaired) electrons. The smallest absolute Gasteiger partial charge is 0.228 e. The zero-order chi connectivity index (χ0) is 17.9. The summed E-state index contributed by atoms with van der Waals surface area (Å²) in [6, 6.07) is 8.71. The van der Waals surface area contributed by atoms with Crippen LogP contribution in [0.5, 0.6) is 0 Å². The van der Waals surface area contributed by atoms with Gasteiger partial charge < -0.3 is 14.7 Å². The first-order valence-electron chi connectivity index (χ1n) is 10.1. The summed E-state index contributed by atoms with van der Waals surface area (Å²) in [5.41, 5.74) is 2.40. The van der Waals surface area contributed by atoms with E-state index in [4.69, 9.17) is 0 Å². The molecule has 2 amide bonds. The molecule has 3 heterocycles. The number of amides is 2. The van der Waals surface area contributed by atoms with Gasteiger partial charge in [0.25, 0.3) is 0 Å². The minimum Gasteiger partial charge on any atom is -0.340 e. The Balaban J connectivity index is 1.26. The molecule has 2 saturated heterocycles. The third-order valence-corrected chi connectivity index (χ3v) is 6.16. The number of rotatable bonds is 4. The average Bonchev–Trinajstić information content (AvgIpc) is 3.12. The van der Waals surface area contributed by atoms with Crippen molar-refractivity contribution in [3.05, 3.63) is 29.8 Å². The van der Waals surface area contributed by atoms with Gasteiger partial charge in [-0.1, -0.05) is 18.2 Å². The maximum absolute atomic E-state index is 12.8. The number of hydrogen-bond acceptors (Lipinski definition) is 3. The Morgan fingerprint density at radius 2 is 1.77 bits per heavy atom. The first-order valence-corrected chi connectivity index (χ1v) is 10.1. The number of aryl methyl sites for hydroxylation is 1. The number of piperidine rings is 1. The number of likely N-dealkylation sites (tertiary alicyclic amines) is 2. The van der Waals surface area contributed by atoms with Gasteiger partial charge in [0.1, 0.15) is 0 Å². The van der Waals surface area contributed by atoms with Crippen molar-refractivity contribution < 1.29 is 9.59 Å². The van der Waals surface area contributed by atoms with E-state index in [1.54, 1.807) is 0 Å². The van der Waals surface area contributed by atoms with Crippen LogP contribution in [0.25, 0.3) is 0 Å². The van der Waals surface area contributed by atoms with E-state index in [0.717, 1.165) is 76.9 Å². The second kappa shape index (κ2) is 7.78. The summed E-state index contributed by atoms with van der Waals surface area (Å²) in [7, 11) is 0. The third kappa shape index (κ3) is 3.63. The van der Waals surface area contributed by atoms with Crippen LogP contribution in [-0.4, -0.2) is 60.4 Å². The number of nitrogens with zero attached hydrogens (tertiary/aromatic N) is 3. The minimum absolute atomic E-state index is 0.244. The standard InChI is InChI=1S/C21H29N3O2/c25-20-8-4-12-23(20)18-9-14-22(15-10-18)16-11-21(26)24-13-3-6-17-5-1-2-7-19(17)24/h1-2,5,7,18H,3-4,6,8-16H2. The van der Waals surface area contributed by atoms with Crippen LogP contribution in [0.4, 0.5) is 5.69 Å². The van der Waals surface area contributed by atoms with Crippen molar-refractivity contribution in [3.8, 4) is 0 Å². The first-order chi connectivity index (χ1) is 12.7. The Labute approximate surface area is 155 Å². The summed E-state index contributed by atoms with van der Waals surface area (Å²) >= 11 is 0. The molecule has 1 aromatic carbocycles. The van der Waals surface area contributed by atoms with E-state index in [1.165, 1.54) is 5.56 Å². The predicted molar refractivity (Wildman–Crippen MR) is 102 cm³/mol. The molecule has 0 N–H and O–H groups in total. The molecule has 5 nitrogen and oxygen atoms in total. The van der Waals surface area contributed by atoms with Crippen LogP contribution >= 0.6 is 0 Å². The molecule has 0 spiro atoms. The zero-order valence-electron chi connectivity index (χ0n) is 15.5. The first kappa shape index (κ1) is 17.5. The number of carbonyl (C=O) groups is 2. The number of carbonyl (C=O) groups excluding carboxylic acids is 2. The van der Waals surface area contributed by atoms with Crippen molar-refractivity contribution in [3.63, 3.8) is 0 Å². The van der Waals surface area contributed by atoms with Gasteiger partial charge in [0.05, 0.1) is 0 Å². The fourth-order valence-corrected chi connectivity index (χ4v) is 4.69. The maximum atomic E-state index is 12.8. The number of para-hydroxylation sites is 1. The second-order valence-electron chi connectivity index (χ2n) is 7.79. The van der Waals surface area contributed by atoms with Gasteiger partial charge in [-0.05, 0) is 43.7 Å². The average molecular weight is 355 g/mol. The molecule has 0 atom stereocenters. The summed E-state index contributed by atoms with van der Waals surface area (Å²) in [6.07, 6.45) is 6.55. The van der Waals surface area contributed by atoms with E-state index in [-0.39, 0.29) is 5.91 Å². The molecule has 0 bridgehead atoms. The lowest BCUT2D eigenvalue weighted by molar-refractivity contribution is -0.130. The molecule has 0 aliphatic carbocycles. The van der Waals surface area contributed by atoms with Crippen molar-refractivity contribution >= 4 is 17.5 Å². The number of anilines is 1. The Morgan fingerprint density at radius 1 is 1.00 bits per heavy atom. The molecule has 4 rings (SSSR count). The largest absolute Gasteiger partial charge is 0.340 e. The van der Waals surface area contributed by atoms with Crippen molar-refractivity contribution in [2.45, 2.75) is 51.0 Å². The summed E-state index contributed by atoms with van der Waals surface area (Å²) < 4.78 is 0. The number of hydrogen-bond donors (Lipinski definition) is 0. The van der Waals surface area contributed by atoms with Crippen molar-refractivity contribution in [1.29, 1.82) is 0 Å². The molecule has 140 valence electrons. The monoisotopic (exact) mass is 355 g/mol. The highest BCUT2D eigenvalue weighted by Crippen LogP contribution is 2.27. The molecule has 26 heavy (non-hydrogen) atoms. The molecule has 0 saturated carbocycles. The van der Waals surface area contributed by atoms with Gasteiger partial charge in [0.15, 0.2) is 0 Å². The van der Waals surface area contributed by atoms with Crippen LogP contribution in [0, 0.1) is 0 Å². The van der Waals surface area contributed by atoms with Gasteiger partial charge in [-0.2, -0.15) is 0 Å².